The van der Waals surface area contributed by atoms with Crippen molar-refractivity contribution in [2.24, 2.45) is 0 Å². The van der Waals surface area contributed by atoms with E-state index in [0.717, 1.165) is 5.39 Å². The highest BCUT2D eigenvalue weighted by Crippen LogP contribution is 2.31. The first-order chi connectivity index (χ1) is 8.65. The van der Waals surface area contributed by atoms with Crippen molar-refractivity contribution in [3.8, 4) is 0 Å². The maximum Gasteiger partial charge on any atom is 0.150 e. The summed E-state index contributed by atoms with van der Waals surface area (Å²) in [5.41, 5.74) is 7.24. The van der Waals surface area contributed by atoms with E-state index in [1.54, 1.807) is 24.3 Å². The summed E-state index contributed by atoms with van der Waals surface area (Å²) in [7, 11) is 3.42. The lowest BCUT2D eigenvalue weighted by molar-refractivity contribution is 0.206. The number of halogens is 1. The molecule has 1 aromatic heterocycles. The number of aromatic nitrogens is 1. The molecule has 0 bridgehead atoms. The molecule has 0 spiro atoms. The predicted molar refractivity (Wildman–Crippen MR) is 71.3 cm³/mol. The number of nitrogens with two attached hydrogens (primary N) is 1. The molecule has 96 valence electrons. The maximum atomic E-state index is 14.1. The Morgan fingerprint density at radius 3 is 3.00 bits per heavy atom. The van der Waals surface area contributed by atoms with Crippen molar-refractivity contribution in [1.82, 2.24) is 4.98 Å². The summed E-state index contributed by atoms with van der Waals surface area (Å²) in [4.78, 5) is 6.01. The van der Waals surface area contributed by atoms with Gasteiger partial charge in [0.15, 0.2) is 5.82 Å². The van der Waals surface area contributed by atoms with Gasteiger partial charge in [0.05, 0.1) is 17.8 Å². The van der Waals surface area contributed by atoms with Crippen molar-refractivity contribution in [2.45, 2.75) is 0 Å². The molecule has 0 atom stereocenters. The van der Waals surface area contributed by atoms with Crippen LogP contribution in [0, 0.1) is 5.82 Å². The average molecular weight is 249 g/mol. The number of hydrogen-bond acceptors (Lipinski definition) is 4. The van der Waals surface area contributed by atoms with E-state index in [9.17, 15) is 4.39 Å². The van der Waals surface area contributed by atoms with Gasteiger partial charge in [-0.1, -0.05) is 0 Å². The molecule has 18 heavy (non-hydrogen) atoms. The van der Waals surface area contributed by atoms with Crippen molar-refractivity contribution in [3.63, 3.8) is 0 Å². The summed E-state index contributed by atoms with van der Waals surface area (Å²) in [5.74, 6) is -0.364. The van der Waals surface area contributed by atoms with Crippen LogP contribution in [0.5, 0.6) is 0 Å². The summed E-state index contributed by atoms with van der Waals surface area (Å²) in [6.07, 6.45) is 1.63. The molecule has 2 N–H and O–H groups in total. The Morgan fingerprint density at radius 2 is 2.28 bits per heavy atom. The first-order valence-electron chi connectivity index (χ1n) is 5.68. The number of nitrogens with zero attached hydrogens (tertiary/aromatic N) is 2. The van der Waals surface area contributed by atoms with E-state index in [2.05, 4.69) is 4.98 Å². The number of likely N-dealkylation sites (N-methyl/N-ethyl adjacent to an activating group) is 1. The van der Waals surface area contributed by atoms with Gasteiger partial charge < -0.3 is 15.4 Å². The smallest absolute Gasteiger partial charge is 0.150 e. The Hall–Kier alpha value is -1.88. The van der Waals surface area contributed by atoms with Gasteiger partial charge in [-0.25, -0.2) is 4.39 Å². The van der Waals surface area contributed by atoms with Crippen molar-refractivity contribution < 1.29 is 9.13 Å². The molecule has 4 nitrogen and oxygen atoms in total. The summed E-state index contributed by atoms with van der Waals surface area (Å²) in [6, 6.07) is 4.96. The van der Waals surface area contributed by atoms with Gasteiger partial charge in [0.25, 0.3) is 0 Å². The number of benzene rings is 1. The first kappa shape index (κ1) is 12.6. The second-order valence-electron chi connectivity index (χ2n) is 4.11. The van der Waals surface area contributed by atoms with Crippen molar-refractivity contribution in [1.29, 1.82) is 0 Å². The molecule has 1 aromatic carbocycles. The number of ether oxygens (including phenoxy) is 1. The summed E-state index contributed by atoms with van der Waals surface area (Å²) >= 11 is 0. The zero-order valence-corrected chi connectivity index (χ0v) is 10.5. The van der Waals surface area contributed by atoms with Crippen molar-refractivity contribution >= 4 is 22.3 Å². The zero-order valence-electron chi connectivity index (χ0n) is 10.5. The molecule has 0 aliphatic carbocycles. The van der Waals surface area contributed by atoms with E-state index in [4.69, 9.17) is 10.5 Å². The first-order valence-corrected chi connectivity index (χ1v) is 5.68. The molecule has 0 aliphatic heterocycles. The summed E-state index contributed by atoms with van der Waals surface area (Å²) in [6.45, 7) is 1.11. The molecule has 0 saturated heterocycles. The minimum atomic E-state index is -0.364. The highest BCUT2D eigenvalue weighted by Gasteiger charge is 2.15. The van der Waals surface area contributed by atoms with Gasteiger partial charge in [0.1, 0.15) is 0 Å². The van der Waals surface area contributed by atoms with Crippen LogP contribution < -0.4 is 10.6 Å². The van der Waals surface area contributed by atoms with Crippen LogP contribution in [0.2, 0.25) is 0 Å². The fourth-order valence-corrected chi connectivity index (χ4v) is 1.93. The highest BCUT2D eigenvalue weighted by atomic mass is 19.1. The Bertz CT molecular complexity index is 559. The lowest BCUT2D eigenvalue weighted by Gasteiger charge is -2.21. The minimum Gasteiger partial charge on any atom is -0.398 e. The SMILES string of the molecule is COCCN(C)c1c(F)cc(N)c2cccnc12. The Labute approximate surface area is 105 Å². The molecule has 1 heterocycles. The molecular weight excluding hydrogens is 233 g/mol. The van der Waals surface area contributed by atoms with Crippen LogP contribution in [0.1, 0.15) is 0 Å². The molecule has 0 aliphatic rings. The molecule has 5 heteroatoms. The third kappa shape index (κ3) is 2.22. The monoisotopic (exact) mass is 249 g/mol. The lowest BCUT2D eigenvalue weighted by atomic mass is 10.1. The van der Waals surface area contributed by atoms with Crippen LogP contribution >= 0.6 is 0 Å². The lowest BCUT2D eigenvalue weighted by Crippen LogP contribution is -2.23. The van der Waals surface area contributed by atoms with E-state index >= 15 is 0 Å². The number of pyridine rings is 1. The number of rotatable bonds is 4. The van der Waals surface area contributed by atoms with E-state index in [1.165, 1.54) is 6.07 Å². The predicted octanol–water partition coefficient (Wildman–Crippen LogP) is 2.04. The molecule has 0 saturated carbocycles. The molecule has 2 rings (SSSR count). The fourth-order valence-electron chi connectivity index (χ4n) is 1.93. The topological polar surface area (TPSA) is 51.4 Å². The van der Waals surface area contributed by atoms with Crippen LogP contribution in [0.3, 0.4) is 0 Å². The van der Waals surface area contributed by atoms with Crippen LogP contribution in [0.15, 0.2) is 24.4 Å². The number of methoxy groups -OCH3 is 1. The quantitative estimate of drug-likeness (QED) is 0.842. The molecular formula is C13H16FN3O. The molecule has 2 aromatic rings. The Morgan fingerprint density at radius 1 is 1.50 bits per heavy atom. The van der Waals surface area contributed by atoms with Gasteiger partial charge in [0, 0.05) is 38.0 Å². The van der Waals surface area contributed by atoms with Gasteiger partial charge in [-0.2, -0.15) is 0 Å². The minimum absolute atomic E-state index is 0.364. The van der Waals surface area contributed by atoms with Crippen LogP contribution in [-0.2, 0) is 4.74 Å². The second-order valence-corrected chi connectivity index (χ2v) is 4.11. The average Bonchev–Trinajstić information content (AvgIpc) is 2.36. The summed E-state index contributed by atoms with van der Waals surface area (Å²) in [5, 5.41) is 0.762. The third-order valence-electron chi connectivity index (χ3n) is 2.86. The van der Waals surface area contributed by atoms with Crippen molar-refractivity contribution in [2.75, 3.05) is 37.9 Å². The third-order valence-corrected chi connectivity index (χ3v) is 2.86. The van der Waals surface area contributed by atoms with E-state index in [1.807, 2.05) is 13.1 Å². The van der Waals surface area contributed by atoms with Gasteiger partial charge in [-0.05, 0) is 18.2 Å². The maximum absolute atomic E-state index is 14.1. The van der Waals surface area contributed by atoms with Crippen LogP contribution in [0.25, 0.3) is 10.9 Å². The molecule has 0 amide bonds. The van der Waals surface area contributed by atoms with E-state index in [0.29, 0.717) is 30.0 Å². The molecule has 0 unspecified atom stereocenters. The summed E-state index contributed by atoms with van der Waals surface area (Å²) < 4.78 is 19.1. The largest absolute Gasteiger partial charge is 0.398 e. The molecule has 0 fully saturated rings. The van der Waals surface area contributed by atoms with Gasteiger partial charge in [0.2, 0.25) is 0 Å². The van der Waals surface area contributed by atoms with Crippen molar-refractivity contribution in [3.05, 3.63) is 30.2 Å². The highest BCUT2D eigenvalue weighted by molar-refractivity contribution is 5.98. The zero-order chi connectivity index (χ0) is 13.1. The standard InChI is InChI=1S/C13H16FN3O/c1-17(6-7-18-2)13-10(14)8-11(15)9-4-3-5-16-12(9)13/h3-5,8H,6-7,15H2,1-2H3. The number of anilines is 2. The second kappa shape index (κ2) is 5.18. The van der Waals surface area contributed by atoms with Crippen LogP contribution in [0.4, 0.5) is 15.8 Å². The fraction of sp³-hybridized carbons (Fsp3) is 0.308. The molecule has 0 radical (unpaired) electrons. The van der Waals surface area contributed by atoms with Crippen LogP contribution in [-0.4, -0.2) is 32.3 Å². The number of fused-ring (bicyclic) bond motifs is 1. The van der Waals surface area contributed by atoms with E-state index < -0.39 is 0 Å². The number of nitrogen functional groups attached to an aromatic ring is 1. The van der Waals surface area contributed by atoms with Gasteiger partial charge in [-0.15, -0.1) is 0 Å². The number of hydrogen-bond donors (Lipinski definition) is 1. The van der Waals surface area contributed by atoms with Gasteiger partial charge >= 0.3 is 0 Å². The Balaban J connectivity index is 2.55. The normalized spacial score (nSPS) is 10.8. The van der Waals surface area contributed by atoms with Gasteiger partial charge in [-0.3, -0.25) is 4.98 Å². The van der Waals surface area contributed by atoms with E-state index in [-0.39, 0.29) is 5.82 Å². The Kier molecular flexibility index (Phi) is 3.62.